The smallest absolute Gasteiger partial charge is 0.168 e. The standard InChI is InChI=1S/C16H15ClF2N2O/c17-12-5-11(8-21-9-12)16(10-3-4-20-7-10)22-15-2-1-13(18)6-14(15)19/h1-2,5-6,8-10,16,20H,3-4,7H2/t10-,16+/m0/s1. The minimum absolute atomic E-state index is 0.0262. The highest BCUT2D eigenvalue weighted by Crippen LogP contribution is 2.33. The molecule has 1 fully saturated rings. The summed E-state index contributed by atoms with van der Waals surface area (Å²) in [6.07, 6.45) is 3.71. The number of ether oxygens (including phenoxy) is 1. The summed E-state index contributed by atoms with van der Waals surface area (Å²) >= 11 is 5.99. The molecule has 1 aromatic carbocycles. The van der Waals surface area contributed by atoms with Gasteiger partial charge in [0, 0.05) is 36.5 Å². The number of rotatable bonds is 4. The Hall–Kier alpha value is -1.72. The molecule has 0 radical (unpaired) electrons. The summed E-state index contributed by atoms with van der Waals surface area (Å²) in [4.78, 5) is 4.07. The van der Waals surface area contributed by atoms with Gasteiger partial charge in [-0.1, -0.05) is 11.6 Å². The monoisotopic (exact) mass is 324 g/mol. The van der Waals surface area contributed by atoms with Gasteiger partial charge in [0.1, 0.15) is 11.9 Å². The molecule has 116 valence electrons. The Morgan fingerprint density at radius 2 is 2.14 bits per heavy atom. The molecule has 3 rings (SSSR count). The van der Waals surface area contributed by atoms with Crippen LogP contribution in [-0.2, 0) is 0 Å². The van der Waals surface area contributed by atoms with Gasteiger partial charge < -0.3 is 10.1 Å². The first-order valence-electron chi connectivity index (χ1n) is 7.06. The van der Waals surface area contributed by atoms with Gasteiger partial charge in [-0.25, -0.2) is 8.78 Å². The normalized spacial score (nSPS) is 19.1. The van der Waals surface area contributed by atoms with Crippen molar-refractivity contribution < 1.29 is 13.5 Å². The van der Waals surface area contributed by atoms with Crippen LogP contribution in [-0.4, -0.2) is 18.1 Å². The highest BCUT2D eigenvalue weighted by Gasteiger charge is 2.29. The second-order valence-corrected chi connectivity index (χ2v) is 5.74. The molecule has 1 aromatic heterocycles. The maximum Gasteiger partial charge on any atom is 0.168 e. The molecule has 0 bridgehead atoms. The zero-order chi connectivity index (χ0) is 15.5. The first kappa shape index (κ1) is 15.2. The molecular formula is C16H15ClF2N2O. The summed E-state index contributed by atoms with van der Waals surface area (Å²) < 4.78 is 32.7. The van der Waals surface area contributed by atoms with Crippen LogP contribution in [0.3, 0.4) is 0 Å². The van der Waals surface area contributed by atoms with E-state index in [2.05, 4.69) is 10.3 Å². The first-order chi connectivity index (χ1) is 10.6. The van der Waals surface area contributed by atoms with Crippen molar-refractivity contribution in [2.24, 2.45) is 5.92 Å². The number of nitrogens with one attached hydrogen (secondary N) is 1. The Balaban J connectivity index is 1.91. The van der Waals surface area contributed by atoms with Crippen LogP contribution in [0.25, 0.3) is 0 Å². The van der Waals surface area contributed by atoms with E-state index >= 15 is 0 Å². The summed E-state index contributed by atoms with van der Waals surface area (Å²) in [6, 6.07) is 5.06. The fraction of sp³-hybridized carbons (Fsp3) is 0.312. The zero-order valence-electron chi connectivity index (χ0n) is 11.7. The third-order valence-corrected chi connectivity index (χ3v) is 3.94. The second-order valence-electron chi connectivity index (χ2n) is 5.30. The number of aromatic nitrogens is 1. The molecule has 0 amide bonds. The average molecular weight is 325 g/mol. The van der Waals surface area contributed by atoms with Crippen molar-refractivity contribution in [3.63, 3.8) is 0 Å². The molecule has 0 spiro atoms. The van der Waals surface area contributed by atoms with Gasteiger partial charge >= 0.3 is 0 Å². The molecule has 6 heteroatoms. The molecule has 0 aliphatic carbocycles. The van der Waals surface area contributed by atoms with E-state index < -0.39 is 11.6 Å². The van der Waals surface area contributed by atoms with Crippen LogP contribution >= 0.6 is 11.6 Å². The third kappa shape index (κ3) is 3.36. The minimum Gasteiger partial charge on any atom is -0.482 e. The highest BCUT2D eigenvalue weighted by atomic mass is 35.5. The van der Waals surface area contributed by atoms with Crippen LogP contribution in [0, 0.1) is 17.6 Å². The molecule has 1 aliphatic heterocycles. The van der Waals surface area contributed by atoms with Gasteiger partial charge in [-0.15, -0.1) is 0 Å². The molecule has 22 heavy (non-hydrogen) atoms. The molecule has 1 saturated heterocycles. The highest BCUT2D eigenvalue weighted by molar-refractivity contribution is 6.30. The van der Waals surface area contributed by atoms with Gasteiger partial charge in [-0.2, -0.15) is 0 Å². The molecule has 3 nitrogen and oxygen atoms in total. The predicted molar refractivity (Wildman–Crippen MR) is 80.0 cm³/mol. The van der Waals surface area contributed by atoms with E-state index in [1.807, 2.05) is 0 Å². The summed E-state index contributed by atoms with van der Waals surface area (Å²) in [5.41, 5.74) is 0.782. The number of hydrogen-bond acceptors (Lipinski definition) is 3. The number of pyridine rings is 1. The van der Waals surface area contributed by atoms with E-state index in [0.29, 0.717) is 5.02 Å². The van der Waals surface area contributed by atoms with Crippen LogP contribution in [0.5, 0.6) is 5.75 Å². The van der Waals surface area contributed by atoms with Crippen molar-refractivity contribution in [2.75, 3.05) is 13.1 Å². The Bertz CT molecular complexity index is 662. The molecule has 0 saturated carbocycles. The van der Waals surface area contributed by atoms with E-state index in [4.69, 9.17) is 16.3 Å². The average Bonchev–Trinajstić information content (AvgIpc) is 3.00. The van der Waals surface area contributed by atoms with Gasteiger partial charge in [0.25, 0.3) is 0 Å². The molecular weight excluding hydrogens is 310 g/mol. The maximum atomic E-state index is 13.9. The predicted octanol–water partition coefficient (Wildman–Crippen LogP) is 3.74. The topological polar surface area (TPSA) is 34.1 Å². The number of hydrogen-bond donors (Lipinski definition) is 1. The van der Waals surface area contributed by atoms with Crippen LogP contribution in [0.4, 0.5) is 8.78 Å². The van der Waals surface area contributed by atoms with Crippen LogP contribution in [0.2, 0.25) is 5.02 Å². The lowest BCUT2D eigenvalue weighted by Crippen LogP contribution is -2.22. The number of benzene rings is 1. The number of halogens is 3. The van der Waals surface area contributed by atoms with Gasteiger partial charge in [-0.05, 0) is 31.2 Å². The van der Waals surface area contributed by atoms with Crippen molar-refractivity contribution in [1.29, 1.82) is 0 Å². The zero-order valence-corrected chi connectivity index (χ0v) is 12.5. The van der Waals surface area contributed by atoms with Crippen molar-refractivity contribution in [3.8, 4) is 5.75 Å². The SMILES string of the molecule is Fc1ccc(O[C@@H](c2cncc(Cl)c2)[C@H]2CCNC2)c(F)c1. The first-order valence-corrected chi connectivity index (χ1v) is 7.44. The molecule has 2 aromatic rings. The van der Waals surface area contributed by atoms with Crippen LogP contribution in [0.1, 0.15) is 18.1 Å². The Morgan fingerprint density at radius 3 is 2.82 bits per heavy atom. The Morgan fingerprint density at radius 1 is 1.27 bits per heavy atom. The largest absolute Gasteiger partial charge is 0.482 e. The van der Waals surface area contributed by atoms with E-state index in [1.54, 1.807) is 12.3 Å². The van der Waals surface area contributed by atoms with Crippen LogP contribution in [0.15, 0.2) is 36.7 Å². The van der Waals surface area contributed by atoms with E-state index in [1.165, 1.54) is 18.3 Å². The summed E-state index contributed by atoms with van der Waals surface area (Å²) in [6.45, 7) is 1.64. The van der Waals surface area contributed by atoms with Gasteiger partial charge in [0.05, 0.1) is 5.02 Å². The minimum atomic E-state index is -0.717. The van der Waals surface area contributed by atoms with Crippen molar-refractivity contribution >= 4 is 11.6 Å². The Kier molecular flexibility index (Phi) is 4.55. The molecule has 0 unspecified atom stereocenters. The second kappa shape index (κ2) is 6.58. The van der Waals surface area contributed by atoms with Crippen LogP contribution < -0.4 is 10.1 Å². The fourth-order valence-electron chi connectivity index (χ4n) is 2.66. The van der Waals surface area contributed by atoms with Crippen molar-refractivity contribution in [1.82, 2.24) is 10.3 Å². The lowest BCUT2D eigenvalue weighted by Gasteiger charge is -2.25. The molecule has 2 atom stereocenters. The summed E-state index contributed by atoms with van der Waals surface area (Å²) in [5.74, 6) is -1.15. The molecule has 2 heterocycles. The van der Waals surface area contributed by atoms with E-state index in [0.717, 1.165) is 31.1 Å². The lowest BCUT2D eigenvalue weighted by atomic mass is 9.96. The van der Waals surface area contributed by atoms with Crippen molar-refractivity contribution in [3.05, 3.63) is 58.9 Å². The maximum absolute atomic E-state index is 13.9. The fourth-order valence-corrected chi connectivity index (χ4v) is 2.85. The third-order valence-electron chi connectivity index (χ3n) is 3.73. The van der Waals surface area contributed by atoms with Crippen molar-refractivity contribution in [2.45, 2.75) is 12.5 Å². The lowest BCUT2D eigenvalue weighted by molar-refractivity contribution is 0.137. The van der Waals surface area contributed by atoms with Gasteiger partial charge in [0.2, 0.25) is 0 Å². The summed E-state index contributed by atoms with van der Waals surface area (Å²) in [7, 11) is 0. The molecule has 1 aliphatic rings. The molecule has 1 N–H and O–H groups in total. The van der Waals surface area contributed by atoms with E-state index in [9.17, 15) is 8.78 Å². The van der Waals surface area contributed by atoms with Gasteiger partial charge in [0.15, 0.2) is 11.6 Å². The quantitative estimate of drug-likeness (QED) is 0.930. The van der Waals surface area contributed by atoms with Gasteiger partial charge in [-0.3, -0.25) is 4.98 Å². The summed E-state index contributed by atoms with van der Waals surface area (Å²) in [5, 5.41) is 3.76. The Labute approximate surface area is 132 Å². The number of nitrogens with zero attached hydrogens (tertiary/aromatic N) is 1. The van der Waals surface area contributed by atoms with E-state index in [-0.39, 0.29) is 17.8 Å².